The average Bonchev–Trinajstić information content (AvgIpc) is 2.40. The van der Waals surface area contributed by atoms with Crippen molar-refractivity contribution < 1.29 is 5.11 Å². The maximum atomic E-state index is 9.16. The van der Waals surface area contributed by atoms with E-state index in [-0.39, 0.29) is 6.10 Å². The van der Waals surface area contributed by atoms with E-state index in [0.29, 0.717) is 5.75 Å². The van der Waals surface area contributed by atoms with Gasteiger partial charge in [-0.1, -0.05) is 6.07 Å². The molecule has 0 saturated carbocycles. The molecule has 0 radical (unpaired) electrons. The lowest BCUT2D eigenvalue weighted by Crippen LogP contribution is -2.10. The highest BCUT2D eigenvalue weighted by molar-refractivity contribution is 7.80. The van der Waals surface area contributed by atoms with Gasteiger partial charge in [-0.2, -0.15) is 12.6 Å². The van der Waals surface area contributed by atoms with Crippen LogP contribution >= 0.6 is 24.0 Å². The second-order valence-corrected chi connectivity index (χ2v) is 3.52. The maximum Gasteiger partial charge on any atom is 0.0676 e. The van der Waals surface area contributed by atoms with E-state index in [1.54, 1.807) is 11.3 Å². The van der Waals surface area contributed by atoms with E-state index in [1.165, 1.54) is 4.88 Å². The third kappa shape index (κ3) is 2.33. The minimum Gasteiger partial charge on any atom is -0.392 e. The quantitative estimate of drug-likeness (QED) is 0.667. The van der Waals surface area contributed by atoms with Crippen molar-refractivity contribution in [3.05, 3.63) is 22.4 Å². The number of rotatable bonds is 3. The van der Waals surface area contributed by atoms with Crippen LogP contribution in [0.25, 0.3) is 0 Å². The number of aliphatic hydroxyl groups excluding tert-OH is 1. The molecular formula is C7H10OS2. The molecule has 0 bridgehead atoms. The summed E-state index contributed by atoms with van der Waals surface area (Å²) in [7, 11) is 0. The third-order valence-electron chi connectivity index (χ3n) is 1.23. The molecular weight excluding hydrogens is 164 g/mol. The van der Waals surface area contributed by atoms with E-state index < -0.39 is 0 Å². The van der Waals surface area contributed by atoms with Crippen LogP contribution in [0.3, 0.4) is 0 Å². The summed E-state index contributed by atoms with van der Waals surface area (Å²) in [6.45, 7) is 0. The predicted octanol–water partition coefficient (Wildman–Crippen LogP) is 1.58. The number of hydrogen-bond acceptors (Lipinski definition) is 3. The van der Waals surface area contributed by atoms with Crippen molar-refractivity contribution in [2.75, 3.05) is 5.75 Å². The molecule has 1 unspecified atom stereocenters. The molecule has 10 heavy (non-hydrogen) atoms. The molecule has 1 atom stereocenters. The predicted molar refractivity (Wildman–Crippen MR) is 47.9 cm³/mol. The Morgan fingerprint density at radius 1 is 1.70 bits per heavy atom. The van der Waals surface area contributed by atoms with Crippen molar-refractivity contribution in [3.8, 4) is 0 Å². The fraction of sp³-hybridized carbons (Fsp3) is 0.429. The summed E-state index contributed by atoms with van der Waals surface area (Å²) < 4.78 is 0. The van der Waals surface area contributed by atoms with Crippen LogP contribution in [0.1, 0.15) is 4.88 Å². The Labute approximate surface area is 70.1 Å². The normalized spacial score (nSPS) is 13.4. The molecule has 1 N–H and O–H groups in total. The van der Waals surface area contributed by atoms with Gasteiger partial charge in [0.1, 0.15) is 0 Å². The van der Waals surface area contributed by atoms with Gasteiger partial charge >= 0.3 is 0 Å². The Balaban J connectivity index is 2.40. The third-order valence-corrected chi connectivity index (χ3v) is 2.55. The van der Waals surface area contributed by atoms with E-state index in [2.05, 4.69) is 12.6 Å². The van der Waals surface area contributed by atoms with Gasteiger partial charge in [-0.25, -0.2) is 0 Å². The first-order valence-corrected chi connectivity index (χ1v) is 4.65. The lowest BCUT2D eigenvalue weighted by atomic mass is 10.2. The van der Waals surface area contributed by atoms with Gasteiger partial charge < -0.3 is 5.11 Å². The first-order chi connectivity index (χ1) is 4.83. The Morgan fingerprint density at radius 3 is 3.00 bits per heavy atom. The van der Waals surface area contributed by atoms with Crippen molar-refractivity contribution in [1.29, 1.82) is 0 Å². The van der Waals surface area contributed by atoms with Crippen molar-refractivity contribution in [2.24, 2.45) is 0 Å². The average molecular weight is 174 g/mol. The summed E-state index contributed by atoms with van der Waals surface area (Å²) in [5.74, 6) is 0.540. The maximum absolute atomic E-state index is 9.16. The first kappa shape index (κ1) is 8.11. The largest absolute Gasteiger partial charge is 0.392 e. The fourth-order valence-corrected chi connectivity index (χ4v) is 1.63. The van der Waals surface area contributed by atoms with Crippen molar-refractivity contribution in [3.63, 3.8) is 0 Å². The Kier molecular flexibility index (Phi) is 3.25. The van der Waals surface area contributed by atoms with E-state index in [4.69, 9.17) is 5.11 Å². The lowest BCUT2D eigenvalue weighted by molar-refractivity contribution is 0.201. The topological polar surface area (TPSA) is 20.2 Å². The highest BCUT2D eigenvalue weighted by Crippen LogP contribution is 2.11. The van der Waals surface area contributed by atoms with Crippen molar-refractivity contribution in [1.82, 2.24) is 0 Å². The van der Waals surface area contributed by atoms with Gasteiger partial charge in [-0.3, -0.25) is 0 Å². The van der Waals surface area contributed by atoms with Crippen LogP contribution in [0.5, 0.6) is 0 Å². The van der Waals surface area contributed by atoms with Gasteiger partial charge in [-0.05, 0) is 11.4 Å². The van der Waals surface area contributed by atoms with Crippen LogP contribution in [0.15, 0.2) is 17.5 Å². The van der Waals surface area contributed by atoms with Crippen molar-refractivity contribution >= 4 is 24.0 Å². The summed E-state index contributed by atoms with van der Waals surface area (Å²) in [5, 5.41) is 11.2. The van der Waals surface area contributed by atoms with E-state index in [1.807, 2.05) is 17.5 Å². The smallest absolute Gasteiger partial charge is 0.0676 e. The molecule has 0 amide bonds. The standard InChI is InChI=1S/C7H10OS2/c8-6(5-9)4-7-2-1-3-10-7/h1-3,6,8-9H,4-5H2. The van der Waals surface area contributed by atoms with Crippen LogP contribution in [0, 0.1) is 0 Å². The van der Waals surface area contributed by atoms with Gasteiger partial charge in [0.15, 0.2) is 0 Å². The van der Waals surface area contributed by atoms with Gasteiger partial charge in [0.2, 0.25) is 0 Å². The van der Waals surface area contributed by atoms with Crippen LogP contribution < -0.4 is 0 Å². The monoisotopic (exact) mass is 174 g/mol. The molecule has 56 valence electrons. The number of hydrogen-bond donors (Lipinski definition) is 2. The zero-order valence-corrected chi connectivity index (χ0v) is 7.24. The SMILES string of the molecule is OC(CS)Cc1cccs1. The van der Waals surface area contributed by atoms with Gasteiger partial charge in [-0.15, -0.1) is 11.3 Å². The summed E-state index contributed by atoms with van der Waals surface area (Å²) in [5.41, 5.74) is 0. The first-order valence-electron chi connectivity index (χ1n) is 3.14. The Bertz CT molecular complexity index is 172. The number of thiol groups is 1. The van der Waals surface area contributed by atoms with E-state index in [0.717, 1.165) is 6.42 Å². The van der Waals surface area contributed by atoms with E-state index in [9.17, 15) is 0 Å². The second kappa shape index (κ2) is 4.01. The van der Waals surface area contributed by atoms with Crippen LogP contribution in [0.4, 0.5) is 0 Å². The molecule has 0 aliphatic heterocycles. The molecule has 3 heteroatoms. The molecule has 0 aliphatic carbocycles. The summed E-state index contributed by atoms with van der Waals surface area (Å²) in [4.78, 5) is 1.22. The molecule has 1 heterocycles. The lowest BCUT2D eigenvalue weighted by Gasteiger charge is -2.02. The van der Waals surface area contributed by atoms with Crippen LogP contribution in [-0.2, 0) is 6.42 Å². The zero-order valence-electron chi connectivity index (χ0n) is 5.53. The number of thiophene rings is 1. The minimum atomic E-state index is -0.290. The second-order valence-electron chi connectivity index (χ2n) is 2.12. The Hall–Kier alpha value is 0.01000. The molecule has 1 rings (SSSR count). The molecule has 0 fully saturated rings. The van der Waals surface area contributed by atoms with Gasteiger partial charge in [0, 0.05) is 17.1 Å². The zero-order chi connectivity index (χ0) is 7.40. The molecule has 1 aromatic heterocycles. The summed E-state index contributed by atoms with van der Waals surface area (Å²) in [6, 6.07) is 4.02. The van der Waals surface area contributed by atoms with Gasteiger partial charge in [0.05, 0.1) is 6.10 Å². The molecule has 0 aromatic carbocycles. The minimum absolute atomic E-state index is 0.290. The molecule has 1 nitrogen and oxygen atoms in total. The molecule has 0 saturated heterocycles. The van der Waals surface area contributed by atoms with Gasteiger partial charge in [0.25, 0.3) is 0 Å². The van der Waals surface area contributed by atoms with E-state index >= 15 is 0 Å². The van der Waals surface area contributed by atoms with Crippen LogP contribution in [-0.4, -0.2) is 17.0 Å². The highest BCUT2D eigenvalue weighted by atomic mass is 32.1. The molecule has 0 aliphatic rings. The number of aliphatic hydroxyl groups is 1. The summed E-state index contributed by atoms with van der Waals surface area (Å²) in [6.07, 6.45) is 0.447. The summed E-state index contributed by atoms with van der Waals surface area (Å²) >= 11 is 5.65. The highest BCUT2D eigenvalue weighted by Gasteiger charge is 2.02. The van der Waals surface area contributed by atoms with Crippen LogP contribution in [0.2, 0.25) is 0 Å². The molecule has 1 aromatic rings. The van der Waals surface area contributed by atoms with Crippen molar-refractivity contribution in [2.45, 2.75) is 12.5 Å². The fourth-order valence-electron chi connectivity index (χ4n) is 0.726. The Morgan fingerprint density at radius 2 is 2.50 bits per heavy atom. The molecule has 0 spiro atoms.